The molecule has 1 aliphatic rings. The molecule has 0 bridgehead atoms. The van der Waals surface area contributed by atoms with Gasteiger partial charge in [0.25, 0.3) is 5.91 Å². The summed E-state index contributed by atoms with van der Waals surface area (Å²) in [5.74, 6) is -0.966. The number of carbonyl (C=O) groups excluding carboxylic acids is 1. The molecule has 4 N–H and O–H groups in total. The van der Waals surface area contributed by atoms with Crippen molar-refractivity contribution >= 4 is 11.9 Å². The Balaban J connectivity index is 0.000000426. The summed E-state index contributed by atoms with van der Waals surface area (Å²) in [7, 11) is 0. The number of aryl methyl sites for hydroxylation is 1. The highest BCUT2D eigenvalue weighted by Gasteiger charge is 2.20. The Morgan fingerprint density at radius 3 is 2.38 bits per heavy atom. The quantitative estimate of drug-likeness (QED) is 0.561. The van der Waals surface area contributed by atoms with Crippen LogP contribution in [0.4, 0.5) is 0 Å². The molecule has 0 saturated carbocycles. The Kier molecular flexibility index (Phi) is 9.14. The number of ether oxygens (including phenoxy) is 1. The minimum absolute atomic E-state index is 0.0648. The number of benzene rings is 2. The van der Waals surface area contributed by atoms with Crippen molar-refractivity contribution < 1.29 is 24.5 Å². The van der Waals surface area contributed by atoms with Gasteiger partial charge in [0.1, 0.15) is 11.8 Å². The molecule has 7 heteroatoms. The molecular formula is C22H28N2O5. The summed E-state index contributed by atoms with van der Waals surface area (Å²) in [6, 6.07) is 15.5. The third-order valence-corrected chi connectivity index (χ3v) is 4.34. The van der Waals surface area contributed by atoms with E-state index in [2.05, 4.69) is 10.6 Å². The molecule has 1 heterocycles. The fourth-order valence-electron chi connectivity index (χ4n) is 2.71. The molecule has 2 unspecified atom stereocenters. The number of carboxylic acids is 1. The van der Waals surface area contributed by atoms with Crippen molar-refractivity contribution in [3.05, 3.63) is 65.7 Å². The van der Waals surface area contributed by atoms with E-state index < -0.39 is 17.9 Å². The zero-order chi connectivity index (χ0) is 21.1. The summed E-state index contributed by atoms with van der Waals surface area (Å²) in [5.41, 5.74) is 1.94. The molecular weight excluding hydrogens is 372 g/mol. The third-order valence-electron chi connectivity index (χ3n) is 4.34. The van der Waals surface area contributed by atoms with E-state index in [1.165, 1.54) is 0 Å². The minimum Gasteiger partial charge on any atom is -0.484 e. The molecule has 3 rings (SSSR count). The van der Waals surface area contributed by atoms with Gasteiger partial charge in [-0.1, -0.05) is 48.0 Å². The number of nitrogens with one attached hydrogen (secondary N) is 2. The molecule has 2 aromatic rings. The van der Waals surface area contributed by atoms with Gasteiger partial charge in [-0.25, -0.2) is 4.79 Å². The first-order valence-electron chi connectivity index (χ1n) is 9.58. The zero-order valence-corrected chi connectivity index (χ0v) is 16.5. The van der Waals surface area contributed by atoms with Crippen LogP contribution in [0.2, 0.25) is 0 Å². The summed E-state index contributed by atoms with van der Waals surface area (Å²) < 4.78 is 5.35. The standard InChI is InChI=1S/C18H19NO4.C4H9NO/c1-13-7-9-15(10-8-13)23-12-17(20)19-16(18(21)22)11-14-5-3-2-4-6-14;6-4-1-2-5-3-4/h2-10,16H,11-12H2,1H3,(H,19,20)(H,21,22);4-6H,1-3H2. The number of hydrogen-bond donors (Lipinski definition) is 4. The van der Waals surface area contributed by atoms with Crippen LogP contribution in [-0.4, -0.2) is 53.9 Å². The third kappa shape index (κ3) is 8.76. The van der Waals surface area contributed by atoms with Crippen LogP contribution in [0, 0.1) is 6.92 Å². The van der Waals surface area contributed by atoms with Crippen LogP contribution < -0.4 is 15.4 Å². The second kappa shape index (κ2) is 11.8. The lowest BCUT2D eigenvalue weighted by atomic mass is 10.1. The first-order valence-corrected chi connectivity index (χ1v) is 9.58. The second-order valence-corrected chi connectivity index (χ2v) is 6.90. The molecule has 1 amide bonds. The van der Waals surface area contributed by atoms with Crippen molar-refractivity contribution in [1.82, 2.24) is 10.6 Å². The van der Waals surface area contributed by atoms with Crippen LogP contribution in [0.1, 0.15) is 17.5 Å². The van der Waals surface area contributed by atoms with Crippen molar-refractivity contribution in [2.75, 3.05) is 19.7 Å². The number of carbonyl (C=O) groups is 2. The van der Waals surface area contributed by atoms with Gasteiger partial charge in [0.05, 0.1) is 6.10 Å². The van der Waals surface area contributed by atoms with Gasteiger partial charge in [-0.05, 0) is 37.6 Å². The van der Waals surface area contributed by atoms with Gasteiger partial charge in [-0.2, -0.15) is 0 Å². The Morgan fingerprint density at radius 1 is 1.17 bits per heavy atom. The predicted octanol–water partition coefficient (Wildman–Crippen LogP) is 1.53. The SMILES string of the molecule is Cc1ccc(OCC(=O)NC(Cc2ccccc2)C(=O)O)cc1.OC1CCNC1. The lowest BCUT2D eigenvalue weighted by Gasteiger charge is -2.15. The van der Waals surface area contributed by atoms with Crippen molar-refractivity contribution in [2.45, 2.75) is 31.9 Å². The zero-order valence-electron chi connectivity index (χ0n) is 16.5. The molecule has 1 fully saturated rings. The Labute approximate surface area is 170 Å². The van der Waals surface area contributed by atoms with Gasteiger partial charge in [-0.15, -0.1) is 0 Å². The summed E-state index contributed by atoms with van der Waals surface area (Å²) in [5, 5.41) is 23.4. The molecule has 29 heavy (non-hydrogen) atoms. The second-order valence-electron chi connectivity index (χ2n) is 6.90. The monoisotopic (exact) mass is 400 g/mol. The number of rotatable bonds is 7. The largest absolute Gasteiger partial charge is 0.484 e. The minimum atomic E-state index is -1.07. The van der Waals surface area contributed by atoms with Gasteiger partial charge < -0.3 is 25.6 Å². The van der Waals surface area contributed by atoms with Gasteiger partial charge in [0.2, 0.25) is 0 Å². The van der Waals surface area contributed by atoms with E-state index in [0.29, 0.717) is 5.75 Å². The number of aliphatic hydroxyl groups excluding tert-OH is 1. The first kappa shape index (κ1) is 22.4. The molecule has 156 valence electrons. The van der Waals surface area contributed by atoms with Gasteiger partial charge >= 0.3 is 5.97 Å². The lowest BCUT2D eigenvalue weighted by Crippen LogP contribution is -2.44. The molecule has 1 saturated heterocycles. The molecule has 0 aromatic heterocycles. The summed E-state index contributed by atoms with van der Waals surface area (Å²) in [6.45, 7) is 3.51. The normalized spacial score (nSPS) is 16.3. The predicted molar refractivity (Wildman–Crippen MR) is 110 cm³/mol. The van der Waals surface area contributed by atoms with E-state index in [4.69, 9.17) is 9.84 Å². The summed E-state index contributed by atoms with van der Waals surface area (Å²) in [4.78, 5) is 23.2. The maximum Gasteiger partial charge on any atom is 0.326 e. The molecule has 0 radical (unpaired) electrons. The number of β-amino-alcohol motifs (C(OH)–C–C–N with tert-alkyl or cyclic N) is 1. The van der Waals surface area contributed by atoms with E-state index in [9.17, 15) is 14.7 Å². The molecule has 7 nitrogen and oxygen atoms in total. The Bertz CT molecular complexity index is 759. The van der Waals surface area contributed by atoms with Crippen LogP contribution in [-0.2, 0) is 16.0 Å². The van der Waals surface area contributed by atoms with Crippen LogP contribution in [0.5, 0.6) is 5.75 Å². The topological polar surface area (TPSA) is 108 Å². The van der Waals surface area contributed by atoms with Gasteiger partial charge in [-0.3, -0.25) is 4.79 Å². The smallest absolute Gasteiger partial charge is 0.326 e. The summed E-state index contributed by atoms with van der Waals surface area (Å²) in [6.07, 6.45) is 1.09. The average molecular weight is 400 g/mol. The van der Waals surface area contributed by atoms with Crippen molar-refractivity contribution in [3.8, 4) is 5.75 Å². The Hall–Kier alpha value is -2.90. The van der Waals surface area contributed by atoms with E-state index in [1.54, 1.807) is 12.1 Å². The lowest BCUT2D eigenvalue weighted by molar-refractivity contribution is -0.142. The fraction of sp³-hybridized carbons (Fsp3) is 0.364. The first-order chi connectivity index (χ1) is 13.9. The van der Waals surface area contributed by atoms with E-state index in [-0.39, 0.29) is 19.1 Å². The number of aliphatic hydroxyl groups is 1. The molecule has 1 aliphatic heterocycles. The maximum atomic E-state index is 11.9. The van der Waals surface area contributed by atoms with Crippen LogP contribution in [0.15, 0.2) is 54.6 Å². The average Bonchev–Trinajstić information content (AvgIpc) is 3.19. The highest BCUT2D eigenvalue weighted by atomic mass is 16.5. The Morgan fingerprint density at radius 2 is 1.86 bits per heavy atom. The summed E-state index contributed by atoms with van der Waals surface area (Å²) >= 11 is 0. The van der Waals surface area contributed by atoms with Crippen LogP contribution >= 0.6 is 0 Å². The van der Waals surface area contributed by atoms with Crippen LogP contribution in [0.25, 0.3) is 0 Å². The number of amides is 1. The van der Waals surface area contributed by atoms with Gasteiger partial charge in [0.15, 0.2) is 6.61 Å². The molecule has 0 spiro atoms. The highest BCUT2D eigenvalue weighted by molar-refractivity contribution is 5.84. The van der Waals surface area contributed by atoms with Crippen molar-refractivity contribution in [3.63, 3.8) is 0 Å². The fourth-order valence-corrected chi connectivity index (χ4v) is 2.71. The maximum absolute atomic E-state index is 11.9. The number of carboxylic acid groups (broad SMARTS) is 1. The van der Waals surface area contributed by atoms with Crippen molar-refractivity contribution in [1.29, 1.82) is 0 Å². The number of hydrogen-bond acceptors (Lipinski definition) is 5. The van der Waals surface area contributed by atoms with E-state index >= 15 is 0 Å². The van der Waals surface area contributed by atoms with Crippen molar-refractivity contribution in [2.24, 2.45) is 0 Å². The molecule has 0 aliphatic carbocycles. The highest BCUT2D eigenvalue weighted by Crippen LogP contribution is 2.11. The molecule has 2 aromatic carbocycles. The van der Waals surface area contributed by atoms with Crippen LogP contribution in [0.3, 0.4) is 0 Å². The number of aliphatic carboxylic acids is 1. The molecule has 2 atom stereocenters. The van der Waals surface area contributed by atoms with E-state index in [0.717, 1.165) is 30.6 Å². The van der Waals surface area contributed by atoms with Gasteiger partial charge in [0, 0.05) is 13.0 Å². The van der Waals surface area contributed by atoms with E-state index in [1.807, 2.05) is 49.4 Å².